The van der Waals surface area contributed by atoms with E-state index in [1.807, 2.05) is 0 Å². The summed E-state index contributed by atoms with van der Waals surface area (Å²) < 4.78 is 0. The van der Waals surface area contributed by atoms with Gasteiger partial charge in [-0.2, -0.15) is 0 Å². The summed E-state index contributed by atoms with van der Waals surface area (Å²) in [5, 5.41) is 0. The number of hydrogen-bond acceptors (Lipinski definition) is 0. The van der Waals surface area contributed by atoms with Gasteiger partial charge in [-0.25, -0.2) is 0 Å². The molecule has 0 saturated heterocycles. The lowest BCUT2D eigenvalue weighted by atomic mass is 10.0. The van der Waals surface area contributed by atoms with Crippen molar-refractivity contribution in [2.24, 2.45) is 5.92 Å². The summed E-state index contributed by atoms with van der Waals surface area (Å²) in [6, 6.07) is 0. The Kier molecular flexibility index (Phi) is 8.99. The summed E-state index contributed by atoms with van der Waals surface area (Å²) >= 11 is 0. The molecule has 0 bridgehead atoms. The van der Waals surface area contributed by atoms with Crippen molar-refractivity contribution in [1.29, 1.82) is 0 Å². The van der Waals surface area contributed by atoms with Crippen LogP contribution in [0, 0.1) is 5.92 Å². The third-order valence-corrected chi connectivity index (χ3v) is 2.66. The van der Waals surface area contributed by atoms with E-state index in [0.717, 1.165) is 0 Å². The summed E-state index contributed by atoms with van der Waals surface area (Å²) in [4.78, 5) is 0. The van der Waals surface area contributed by atoms with Gasteiger partial charge < -0.3 is 0 Å². The number of allylic oxidation sites excluding steroid dienone is 6. The Hall–Kier alpha value is -0.780. The maximum Gasteiger partial charge on any atom is -0.0259 e. The minimum atomic E-state index is 0.715. The topological polar surface area (TPSA) is 0 Å². The molecule has 0 saturated carbocycles. The smallest absolute Gasteiger partial charge is 0.0259 e. The van der Waals surface area contributed by atoms with Crippen LogP contribution in [0.4, 0.5) is 0 Å². The van der Waals surface area contributed by atoms with Crippen LogP contribution >= 0.6 is 0 Å². The fourth-order valence-corrected chi connectivity index (χ4v) is 1.63. The second-order valence-electron chi connectivity index (χ2n) is 4.98. The van der Waals surface area contributed by atoms with Gasteiger partial charge in [-0.1, -0.05) is 55.7 Å². The van der Waals surface area contributed by atoms with Crippen molar-refractivity contribution in [3.8, 4) is 0 Å². The lowest BCUT2D eigenvalue weighted by molar-refractivity contribution is 0.634. The van der Waals surface area contributed by atoms with Crippen LogP contribution in [0.15, 0.2) is 35.5 Å². The van der Waals surface area contributed by atoms with E-state index in [9.17, 15) is 0 Å². The molecule has 0 aromatic heterocycles. The molecule has 0 aliphatic rings. The molecule has 1 unspecified atom stereocenters. The molecule has 0 aliphatic carbocycles. The Morgan fingerprint density at radius 3 is 2.44 bits per heavy atom. The summed E-state index contributed by atoms with van der Waals surface area (Å²) in [6.45, 7) is 11.1. The molecule has 0 aliphatic heterocycles. The van der Waals surface area contributed by atoms with Crippen LogP contribution < -0.4 is 0 Å². The SMILES string of the molecule is CCCC(C)/C=C/C=C(\C)CCC=C(C)C. The summed E-state index contributed by atoms with van der Waals surface area (Å²) in [5.41, 5.74) is 2.89. The Morgan fingerprint density at radius 2 is 1.88 bits per heavy atom. The van der Waals surface area contributed by atoms with Crippen molar-refractivity contribution in [2.45, 2.75) is 60.3 Å². The molecule has 0 nitrogen and oxygen atoms in total. The molecule has 0 heterocycles. The van der Waals surface area contributed by atoms with Crippen LogP contribution in [-0.2, 0) is 0 Å². The van der Waals surface area contributed by atoms with Crippen molar-refractivity contribution in [1.82, 2.24) is 0 Å². The van der Waals surface area contributed by atoms with Gasteiger partial charge in [-0.15, -0.1) is 0 Å². The van der Waals surface area contributed by atoms with Gasteiger partial charge in [-0.3, -0.25) is 0 Å². The van der Waals surface area contributed by atoms with E-state index in [4.69, 9.17) is 0 Å². The first-order chi connectivity index (χ1) is 7.56. The standard InChI is InChI=1S/C16H28/c1-6-9-15(4)12-8-13-16(5)11-7-10-14(2)3/h8,10,12-13,15H,6-7,9,11H2,1-5H3/b12-8+,16-13+. The maximum absolute atomic E-state index is 2.31. The first kappa shape index (κ1) is 15.2. The third kappa shape index (κ3) is 9.76. The Bertz CT molecular complexity index is 249. The van der Waals surface area contributed by atoms with Crippen LogP contribution in [0.3, 0.4) is 0 Å². The van der Waals surface area contributed by atoms with Gasteiger partial charge in [0.05, 0.1) is 0 Å². The predicted octanol–water partition coefficient (Wildman–Crippen LogP) is 5.67. The summed E-state index contributed by atoms with van der Waals surface area (Å²) in [7, 11) is 0. The van der Waals surface area contributed by atoms with Crippen LogP contribution in [0.25, 0.3) is 0 Å². The van der Waals surface area contributed by atoms with E-state index in [-0.39, 0.29) is 0 Å². The van der Waals surface area contributed by atoms with Crippen LogP contribution in [-0.4, -0.2) is 0 Å². The molecule has 0 heteroatoms. The summed E-state index contributed by atoms with van der Waals surface area (Å²) in [6.07, 6.45) is 14.0. The highest BCUT2D eigenvalue weighted by Gasteiger charge is 1.92. The second-order valence-corrected chi connectivity index (χ2v) is 4.98. The molecule has 0 radical (unpaired) electrons. The quantitative estimate of drug-likeness (QED) is 0.383. The minimum absolute atomic E-state index is 0.715. The average Bonchev–Trinajstić information content (AvgIpc) is 2.17. The van der Waals surface area contributed by atoms with Gasteiger partial charge >= 0.3 is 0 Å². The summed E-state index contributed by atoms with van der Waals surface area (Å²) in [5.74, 6) is 0.715. The molecule has 16 heavy (non-hydrogen) atoms. The first-order valence-electron chi connectivity index (χ1n) is 6.53. The zero-order valence-corrected chi connectivity index (χ0v) is 11.7. The number of rotatable bonds is 7. The Labute approximate surface area is 102 Å². The molecule has 0 amide bonds. The third-order valence-electron chi connectivity index (χ3n) is 2.66. The lowest BCUT2D eigenvalue weighted by Crippen LogP contribution is -1.86. The van der Waals surface area contributed by atoms with Crippen molar-refractivity contribution >= 4 is 0 Å². The lowest BCUT2D eigenvalue weighted by Gasteiger charge is -2.01. The van der Waals surface area contributed by atoms with E-state index < -0.39 is 0 Å². The van der Waals surface area contributed by atoms with Crippen LogP contribution in [0.1, 0.15) is 60.3 Å². The van der Waals surface area contributed by atoms with E-state index >= 15 is 0 Å². The molecule has 0 aromatic rings. The van der Waals surface area contributed by atoms with Gasteiger partial charge in [0.2, 0.25) is 0 Å². The predicted molar refractivity (Wildman–Crippen MR) is 75.6 cm³/mol. The maximum atomic E-state index is 2.31. The zero-order chi connectivity index (χ0) is 12.4. The van der Waals surface area contributed by atoms with Gasteiger partial charge in [0, 0.05) is 0 Å². The largest absolute Gasteiger partial charge is 0.0856 e. The van der Waals surface area contributed by atoms with Crippen LogP contribution in [0.2, 0.25) is 0 Å². The highest BCUT2D eigenvalue weighted by molar-refractivity contribution is 5.12. The Morgan fingerprint density at radius 1 is 1.19 bits per heavy atom. The van der Waals surface area contributed by atoms with Crippen molar-refractivity contribution in [3.05, 3.63) is 35.5 Å². The normalized spacial score (nSPS) is 14.2. The van der Waals surface area contributed by atoms with Crippen molar-refractivity contribution < 1.29 is 0 Å². The van der Waals surface area contributed by atoms with Crippen molar-refractivity contribution in [2.75, 3.05) is 0 Å². The van der Waals surface area contributed by atoms with Gasteiger partial charge in [0.15, 0.2) is 0 Å². The molecule has 0 rings (SSSR count). The van der Waals surface area contributed by atoms with E-state index in [2.05, 4.69) is 58.9 Å². The van der Waals surface area contributed by atoms with Gasteiger partial charge in [-0.05, 0) is 46.0 Å². The highest BCUT2D eigenvalue weighted by atomic mass is 14.0. The fourth-order valence-electron chi connectivity index (χ4n) is 1.63. The highest BCUT2D eigenvalue weighted by Crippen LogP contribution is 2.09. The Balaban J connectivity index is 3.90. The molecule has 0 spiro atoms. The van der Waals surface area contributed by atoms with Gasteiger partial charge in [0.1, 0.15) is 0 Å². The average molecular weight is 220 g/mol. The minimum Gasteiger partial charge on any atom is -0.0856 e. The molecule has 0 aromatic carbocycles. The molecule has 0 fully saturated rings. The zero-order valence-electron chi connectivity index (χ0n) is 11.7. The number of hydrogen-bond donors (Lipinski definition) is 0. The van der Waals surface area contributed by atoms with E-state index in [0.29, 0.717) is 5.92 Å². The van der Waals surface area contributed by atoms with Crippen LogP contribution in [0.5, 0.6) is 0 Å². The fraction of sp³-hybridized carbons (Fsp3) is 0.625. The molecule has 0 N–H and O–H groups in total. The molecular weight excluding hydrogens is 192 g/mol. The van der Waals surface area contributed by atoms with E-state index in [1.54, 1.807) is 0 Å². The molecule has 1 atom stereocenters. The van der Waals surface area contributed by atoms with E-state index in [1.165, 1.54) is 36.8 Å². The monoisotopic (exact) mass is 220 g/mol. The van der Waals surface area contributed by atoms with Gasteiger partial charge in [0.25, 0.3) is 0 Å². The first-order valence-corrected chi connectivity index (χ1v) is 6.53. The second kappa shape index (κ2) is 9.45. The molecule has 92 valence electrons. The molecular formula is C16H28. The van der Waals surface area contributed by atoms with Crippen molar-refractivity contribution in [3.63, 3.8) is 0 Å².